The van der Waals surface area contributed by atoms with Crippen LogP contribution >= 0.6 is 0 Å². The number of rotatable bonds is 7. The first-order valence-corrected chi connectivity index (χ1v) is 6.84. The predicted octanol–water partition coefficient (Wildman–Crippen LogP) is 4.18. The molecule has 0 saturated heterocycles. The molecule has 0 radical (unpaired) electrons. The standard InChI is InChI=1S/C16H29NO/c1-13(2)9-7-10-14(3)11-8-12-15(4)16(18)17(5)6/h9,11,15H,7-8,10,12H2,1-6H3. The van der Waals surface area contributed by atoms with Gasteiger partial charge in [0.15, 0.2) is 0 Å². The van der Waals surface area contributed by atoms with Crippen LogP contribution in [-0.4, -0.2) is 24.9 Å². The van der Waals surface area contributed by atoms with E-state index in [0.29, 0.717) is 0 Å². The lowest BCUT2D eigenvalue weighted by molar-refractivity contribution is -0.132. The zero-order valence-electron chi connectivity index (χ0n) is 12.9. The molecule has 0 aliphatic carbocycles. The van der Waals surface area contributed by atoms with Crippen LogP contribution in [0.3, 0.4) is 0 Å². The van der Waals surface area contributed by atoms with Gasteiger partial charge in [-0.25, -0.2) is 0 Å². The van der Waals surface area contributed by atoms with Gasteiger partial charge in [-0.1, -0.05) is 30.2 Å². The summed E-state index contributed by atoms with van der Waals surface area (Å²) in [5.41, 5.74) is 2.81. The van der Waals surface area contributed by atoms with Gasteiger partial charge in [0.05, 0.1) is 0 Å². The third kappa shape index (κ3) is 8.10. The molecule has 0 aromatic carbocycles. The second kappa shape index (κ2) is 8.96. The molecular formula is C16H29NO. The maximum Gasteiger partial charge on any atom is 0.224 e. The zero-order valence-corrected chi connectivity index (χ0v) is 12.9. The molecule has 0 heterocycles. The Hall–Kier alpha value is -1.05. The molecule has 18 heavy (non-hydrogen) atoms. The monoisotopic (exact) mass is 251 g/mol. The van der Waals surface area contributed by atoms with Gasteiger partial charge < -0.3 is 4.90 Å². The number of amides is 1. The Labute approximate surface area is 113 Å². The lowest BCUT2D eigenvalue weighted by Crippen LogP contribution is -2.27. The van der Waals surface area contributed by atoms with E-state index in [1.54, 1.807) is 4.90 Å². The Morgan fingerprint density at radius 3 is 2.22 bits per heavy atom. The Balaban J connectivity index is 3.94. The summed E-state index contributed by atoms with van der Waals surface area (Å²) in [6, 6.07) is 0. The van der Waals surface area contributed by atoms with E-state index in [0.717, 1.165) is 25.7 Å². The number of hydrogen-bond acceptors (Lipinski definition) is 1. The molecule has 2 heteroatoms. The van der Waals surface area contributed by atoms with E-state index in [9.17, 15) is 4.79 Å². The second-order valence-corrected chi connectivity index (χ2v) is 5.58. The van der Waals surface area contributed by atoms with Gasteiger partial charge in [-0.2, -0.15) is 0 Å². The summed E-state index contributed by atoms with van der Waals surface area (Å²) in [6.07, 6.45) is 8.74. The van der Waals surface area contributed by atoms with E-state index in [1.807, 2.05) is 21.0 Å². The van der Waals surface area contributed by atoms with Gasteiger partial charge in [0.25, 0.3) is 0 Å². The van der Waals surface area contributed by atoms with E-state index < -0.39 is 0 Å². The lowest BCUT2D eigenvalue weighted by Gasteiger charge is -2.15. The highest BCUT2D eigenvalue weighted by Gasteiger charge is 2.13. The van der Waals surface area contributed by atoms with Crippen LogP contribution in [0, 0.1) is 5.92 Å². The van der Waals surface area contributed by atoms with Crippen molar-refractivity contribution in [3.8, 4) is 0 Å². The molecule has 1 unspecified atom stereocenters. The van der Waals surface area contributed by atoms with Crippen molar-refractivity contribution in [1.29, 1.82) is 0 Å². The number of carbonyl (C=O) groups excluding carboxylic acids is 1. The van der Waals surface area contributed by atoms with Crippen LogP contribution in [0.25, 0.3) is 0 Å². The minimum absolute atomic E-state index is 0.127. The highest BCUT2D eigenvalue weighted by atomic mass is 16.2. The molecule has 0 aromatic rings. The van der Waals surface area contributed by atoms with Gasteiger partial charge in [-0.05, 0) is 46.5 Å². The Bertz CT molecular complexity index is 309. The third-order valence-corrected chi connectivity index (χ3v) is 3.05. The summed E-state index contributed by atoms with van der Waals surface area (Å²) in [5, 5.41) is 0. The first-order valence-electron chi connectivity index (χ1n) is 6.84. The fourth-order valence-corrected chi connectivity index (χ4v) is 1.83. The van der Waals surface area contributed by atoms with Gasteiger partial charge in [0.2, 0.25) is 5.91 Å². The van der Waals surface area contributed by atoms with E-state index in [-0.39, 0.29) is 11.8 Å². The SMILES string of the molecule is CC(C)=CCCC(C)=CCCC(C)C(=O)N(C)C. The Morgan fingerprint density at radius 1 is 1.11 bits per heavy atom. The van der Waals surface area contributed by atoms with Gasteiger partial charge in [0, 0.05) is 20.0 Å². The largest absolute Gasteiger partial charge is 0.349 e. The number of nitrogens with zero attached hydrogens (tertiary/aromatic N) is 1. The highest BCUT2D eigenvalue weighted by molar-refractivity contribution is 5.77. The fourth-order valence-electron chi connectivity index (χ4n) is 1.83. The summed E-state index contributed by atoms with van der Waals surface area (Å²) >= 11 is 0. The van der Waals surface area contributed by atoms with Crippen molar-refractivity contribution >= 4 is 5.91 Å². The molecule has 0 N–H and O–H groups in total. The molecule has 0 fully saturated rings. The Kier molecular flexibility index (Phi) is 8.43. The van der Waals surface area contributed by atoms with Crippen LogP contribution in [0.2, 0.25) is 0 Å². The first-order chi connectivity index (χ1) is 8.34. The molecule has 1 amide bonds. The van der Waals surface area contributed by atoms with Crippen molar-refractivity contribution in [2.24, 2.45) is 5.92 Å². The van der Waals surface area contributed by atoms with Crippen molar-refractivity contribution in [1.82, 2.24) is 4.90 Å². The number of carbonyl (C=O) groups is 1. The molecule has 0 rings (SSSR count). The minimum Gasteiger partial charge on any atom is -0.349 e. The van der Waals surface area contributed by atoms with Gasteiger partial charge in [-0.15, -0.1) is 0 Å². The normalized spacial score (nSPS) is 13.1. The highest BCUT2D eigenvalue weighted by Crippen LogP contribution is 2.12. The van der Waals surface area contributed by atoms with Crippen molar-refractivity contribution in [2.45, 2.75) is 53.4 Å². The molecule has 104 valence electrons. The average molecular weight is 251 g/mol. The van der Waals surface area contributed by atoms with Gasteiger partial charge in [0.1, 0.15) is 0 Å². The predicted molar refractivity (Wildman–Crippen MR) is 79.5 cm³/mol. The van der Waals surface area contributed by atoms with Crippen LogP contribution in [0.4, 0.5) is 0 Å². The van der Waals surface area contributed by atoms with E-state index >= 15 is 0 Å². The van der Waals surface area contributed by atoms with Crippen LogP contribution in [-0.2, 0) is 4.79 Å². The molecule has 0 aromatic heterocycles. The maximum absolute atomic E-state index is 11.7. The molecule has 0 bridgehead atoms. The lowest BCUT2D eigenvalue weighted by atomic mass is 10.0. The van der Waals surface area contributed by atoms with Crippen LogP contribution in [0.1, 0.15) is 53.4 Å². The summed E-state index contributed by atoms with van der Waals surface area (Å²) < 4.78 is 0. The van der Waals surface area contributed by atoms with Crippen molar-refractivity contribution in [2.75, 3.05) is 14.1 Å². The summed E-state index contributed by atoms with van der Waals surface area (Å²) in [6.45, 7) is 8.45. The molecule has 0 spiro atoms. The molecule has 0 saturated carbocycles. The molecular weight excluding hydrogens is 222 g/mol. The average Bonchev–Trinajstić information content (AvgIpc) is 2.27. The fraction of sp³-hybridized carbons (Fsp3) is 0.688. The van der Waals surface area contributed by atoms with Crippen LogP contribution < -0.4 is 0 Å². The summed E-state index contributed by atoms with van der Waals surface area (Å²) in [5.74, 6) is 0.354. The molecule has 0 aliphatic heterocycles. The third-order valence-electron chi connectivity index (χ3n) is 3.05. The van der Waals surface area contributed by atoms with E-state index in [4.69, 9.17) is 0 Å². The Morgan fingerprint density at radius 2 is 1.72 bits per heavy atom. The quantitative estimate of drug-likeness (QED) is 0.621. The van der Waals surface area contributed by atoms with Crippen molar-refractivity contribution < 1.29 is 4.79 Å². The van der Waals surface area contributed by atoms with Crippen LogP contribution in [0.15, 0.2) is 23.3 Å². The van der Waals surface area contributed by atoms with E-state index in [1.165, 1.54) is 11.1 Å². The minimum atomic E-state index is 0.127. The second-order valence-electron chi connectivity index (χ2n) is 5.58. The number of allylic oxidation sites excluding steroid dienone is 4. The number of hydrogen-bond donors (Lipinski definition) is 0. The smallest absolute Gasteiger partial charge is 0.224 e. The summed E-state index contributed by atoms with van der Waals surface area (Å²) in [7, 11) is 3.64. The summed E-state index contributed by atoms with van der Waals surface area (Å²) in [4.78, 5) is 13.3. The maximum atomic E-state index is 11.7. The first kappa shape index (κ1) is 16.9. The van der Waals surface area contributed by atoms with Gasteiger partial charge in [-0.3, -0.25) is 4.79 Å². The van der Waals surface area contributed by atoms with Crippen LogP contribution in [0.5, 0.6) is 0 Å². The van der Waals surface area contributed by atoms with E-state index in [2.05, 4.69) is 32.9 Å². The van der Waals surface area contributed by atoms with Gasteiger partial charge >= 0.3 is 0 Å². The topological polar surface area (TPSA) is 20.3 Å². The van der Waals surface area contributed by atoms with Crippen molar-refractivity contribution in [3.63, 3.8) is 0 Å². The zero-order chi connectivity index (χ0) is 14.1. The molecule has 1 atom stereocenters. The van der Waals surface area contributed by atoms with Crippen molar-refractivity contribution in [3.05, 3.63) is 23.3 Å². The molecule has 2 nitrogen and oxygen atoms in total. The molecule has 0 aliphatic rings.